The maximum Gasteiger partial charge on any atom is 0.347 e. The molecule has 4 nitrogen and oxygen atoms in total. The lowest BCUT2D eigenvalue weighted by molar-refractivity contribution is 0.0701. The van der Waals surface area contributed by atoms with Gasteiger partial charge in [0, 0.05) is 0 Å². The van der Waals surface area contributed by atoms with Gasteiger partial charge in [0.2, 0.25) is 0 Å². The lowest BCUT2D eigenvalue weighted by Gasteiger charge is -2.03. The van der Waals surface area contributed by atoms with Crippen LogP contribution in [0.25, 0.3) is 0 Å². The van der Waals surface area contributed by atoms with Crippen molar-refractivity contribution in [2.45, 2.75) is 20.3 Å². The molecule has 2 aromatic rings. The van der Waals surface area contributed by atoms with E-state index in [1.54, 1.807) is 6.92 Å². The average Bonchev–Trinajstić information content (AvgIpc) is 2.70. The zero-order valence-corrected chi connectivity index (χ0v) is 11.0. The third kappa shape index (κ3) is 2.68. The molecule has 0 bridgehead atoms. The Kier molecular flexibility index (Phi) is 3.62. The van der Waals surface area contributed by atoms with Gasteiger partial charge in [-0.3, -0.25) is 0 Å². The van der Waals surface area contributed by atoms with Gasteiger partial charge in [-0.05, 0) is 31.0 Å². The Morgan fingerprint density at radius 2 is 2.28 bits per heavy atom. The Morgan fingerprint density at radius 3 is 2.89 bits per heavy atom. The van der Waals surface area contributed by atoms with Crippen LogP contribution in [0.5, 0.6) is 10.9 Å². The molecule has 1 aromatic carbocycles. The summed E-state index contributed by atoms with van der Waals surface area (Å²) in [4.78, 5) is 15.2. The number of carbonyl (C=O) groups is 1. The Morgan fingerprint density at radius 1 is 1.50 bits per heavy atom. The topological polar surface area (TPSA) is 59.4 Å². The van der Waals surface area contributed by atoms with Crippen molar-refractivity contribution in [2.75, 3.05) is 0 Å². The highest BCUT2D eigenvalue weighted by molar-refractivity contribution is 7.15. The first-order valence-corrected chi connectivity index (χ1v) is 6.39. The maximum absolute atomic E-state index is 10.9. The fourth-order valence-corrected chi connectivity index (χ4v) is 2.32. The van der Waals surface area contributed by atoms with Gasteiger partial charge in [0.1, 0.15) is 10.6 Å². The van der Waals surface area contributed by atoms with E-state index in [0.29, 0.717) is 16.6 Å². The van der Waals surface area contributed by atoms with Crippen LogP contribution in [0.2, 0.25) is 0 Å². The second-order valence-corrected chi connectivity index (χ2v) is 4.76. The average molecular weight is 263 g/mol. The van der Waals surface area contributed by atoms with E-state index in [2.05, 4.69) is 11.9 Å². The molecule has 0 aliphatic rings. The molecule has 0 spiro atoms. The summed E-state index contributed by atoms with van der Waals surface area (Å²) >= 11 is 1.04. The van der Waals surface area contributed by atoms with Crippen molar-refractivity contribution in [1.82, 2.24) is 4.98 Å². The highest BCUT2D eigenvalue weighted by Gasteiger charge is 2.15. The number of aromatic nitrogens is 1. The molecule has 1 aromatic heterocycles. The zero-order chi connectivity index (χ0) is 13.1. The van der Waals surface area contributed by atoms with Crippen LogP contribution in [0.3, 0.4) is 0 Å². The predicted octanol–water partition coefficient (Wildman–Crippen LogP) is 3.50. The fraction of sp³-hybridized carbons (Fsp3) is 0.231. The summed E-state index contributed by atoms with van der Waals surface area (Å²) in [7, 11) is 0. The molecule has 5 heteroatoms. The van der Waals surface area contributed by atoms with E-state index in [1.807, 2.05) is 24.3 Å². The summed E-state index contributed by atoms with van der Waals surface area (Å²) < 4.78 is 5.58. The smallest absolute Gasteiger partial charge is 0.347 e. The molecule has 1 heterocycles. The number of hydrogen-bond acceptors (Lipinski definition) is 4. The molecule has 0 fully saturated rings. The molecular weight excluding hydrogens is 250 g/mol. The molecule has 0 aliphatic heterocycles. The number of ether oxygens (including phenoxy) is 1. The van der Waals surface area contributed by atoms with Crippen molar-refractivity contribution in [1.29, 1.82) is 0 Å². The van der Waals surface area contributed by atoms with Crippen LogP contribution < -0.4 is 4.74 Å². The van der Waals surface area contributed by atoms with Gasteiger partial charge in [-0.2, -0.15) is 0 Å². The predicted molar refractivity (Wildman–Crippen MR) is 69.7 cm³/mol. The number of aromatic carboxylic acids is 1. The third-order valence-electron chi connectivity index (χ3n) is 2.48. The Labute approximate surface area is 109 Å². The number of rotatable bonds is 4. The Bertz CT molecular complexity index is 577. The van der Waals surface area contributed by atoms with Crippen LogP contribution in [-0.2, 0) is 6.42 Å². The minimum atomic E-state index is -0.970. The van der Waals surface area contributed by atoms with E-state index in [4.69, 9.17) is 9.84 Å². The van der Waals surface area contributed by atoms with Crippen LogP contribution in [0.15, 0.2) is 24.3 Å². The lowest BCUT2D eigenvalue weighted by Crippen LogP contribution is -1.94. The monoisotopic (exact) mass is 263 g/mol. The van der Waals surface area contributed by atoms with Gasteiger partial charge < -0.3 is 9.84 Å². The van der Waals surface area contributed by atoms with Crippen LogP contribution in [0.4, 0.5) is 0 Å². The van der Waals surface area contributed by atoms with Crippen LogP contribution in [0, 0.1) is 6.92 Å². The third-order valence-corrected chi connectivity index (χ3v) is 3.51. The largest absolute Gasteiger partial charge is 0.477 e. The molecule has 0 saturated heterocycles. The van der Waals surface area contributed by atoms with Gasteiger partial charge in [-0.15, -0.1) is 0 Å². The first kappa shape index (κ1) is 12.6. The summed E-state index contributed by atoms with van der Waals surface area (Å²) in [5.74, 6) is -0.290. The van der Waals surface area contributed by atoms with Gasteiger partial charge in [-0.25, -0.2) is 9.78 Å². The summed E-state index contributed by atoms with van der Waals surface area (Å²) in [5.41, 5.74) is 1.65. The van der Waals surface area contributed by atoms with Crippen molar-refractivity contribution < 1.29 is 14.6 Å². The minimum absolute atomic E-state index is 0.219. The summed E-state index contributed by atoms with van der Waals surface area (Å²) in [5, 5.41) is 9.30. The van der Waals surface area contributed by atoms with Crippen molar-refractivity contribution in [2.24, 2.45) is 0 Å². The fourth-order valence-electron chi connectivity index (χ4n) is 1.54. The van der Waals surface area contributed by atoms with Crippen molar-refractivity contribution >= 4 is 17.3 Å². The van der Waals surface area contributed by atoms with Crippen molar-refractivity contribution in [3.05, 3.63) is 40.4 Å². The van der Waals surface area contributed by atoms with E-state index in [1.165, 1.54) is 5.56 Å². The maximum atomic E-state index is 10.9. The number of carboxylic acids is 1. The second kappa shape index (κ2) is 5.18. The van der Waals surface area contributed by atoms with E-state index < -0.39 is 5.97 Å². The standard InChI is InChI=1S/C13H13NO3S/c1-3-9-5-4-6-10(7-9)17-13-14-8(2)11(18-13)12(15)16/h4-7H,3H2,1-2H3,(H,15,16). The second-order valence-electron chi connectivity index (χ2n) is 3.80. The zero-order valence-electron chi connectivity index (χ0n) is 10.1. The molecular formula is C13H13NO3S. The molecule has 18 heavy (non-hydrogen) atoms. The number of aryl methyl sites for hydroxylation is 2. The number of benzene rings is 1. The first-order valence-electron chi connectivity index (χ1n) is 5.57. The van der Waals surface area contributed by atoms with E-state index in [0.717, 1.165) is 17.8 Å². The number of carboxylic acid groups (broad SMARTS) is 1. The van der Waals surface area contributed by atoms with Gasteiger partial charge in [0.25, 0.3) is 5.19 Å². The van der Waals surface area contributed by atoms with E-state index >= 15 is 0 Å². The number of hydrogen-bond donors (Lipinski definition) is 1. The van der Waals surface area contributed by atoms with Gasteiger partial charge >= 0.3 is 5.97 Å². The first-order chi connectivity index (χ1) is 8.60. The Hall–Kier alpha value is -1.88. The van der Waals surface area contributed by atoms with Crippen LogP contribution >= 0.6 is 11.3 Å². The van der Waals surface area contributed by atoms with Gasteiger partial charge in [-0.1, -0.05) is 30.4 Å². The molecule has 2 rings (SSSR count). The van der Waals surface area contributed by atoms with E-state index in [9.17, 15) is 4.79 Å². The quantitative estimate of drug-likeness (QED) is 0.917. The van der Waals surface area contributed by atoms with Crippen molar-refractivity contribution in [3.63, 3.8) is 0 Å². The lowest BCUT2D eigenvalue weighted by atomic mass is 10.2. The molecule has 0 atom stereocenters. The highest BCUT2D eigenvalue weighted by atomic mass is 32.1. The molecule has 0 amide bonds. The summed E-state index contributed by atoms with van der Waals surface area (Å²) in [6, 6.07) is 7.68. The van der Waals surface area contributed by atoms with Crippen molar-refractivity contribution in [3.8, 4) is 10.9 Å². The number of nitrogens with zero attached hydrogens (tertiary/aromatic N) is 1. The molecule has 0 saturated carbocycles. The molecule has 0 aliphatic carbocycles. The minimum Gasteiger partial charge on any atom is -0.477 e. The van der Waals surface area contributed by atoms with Gasteiger partial charge in [0.15, 0.2) is 0 Å². The molecule has 0 radical (unpaired) electrons. The molecule has 94 valence electrons. The SMILES string of the molecule is CCc1cccc(Oc2nc(C)c(C(=O)O)s2)c1. The van der Waals surface area contributed by atoms with Crippen LogP contribution in [-0.4, -0.2) is 16.1 Å². The normalized spacial score (nSPS) is 10.3. The van der Waals surface area contributed by atoms with Gasteiger partial charge in [0.05, 0.1) is 5.69 Å². The number of thiazole rings is 1. The van der Waals surface area contributed by atoms with E-state index in [-0.39, 0.29) is 4.88 Å². The molecule has 0 unspecified atom stereocenters. The summed E-state index contributed by atoms with van der Waals surface area (Å²) in [6.45, 7) is 3.73. The highest BCUT2D eigenvalue weighted by Crippen LogP contribution is 2.29. The Balaban J connectivity index is 2.23. The van der Waals surface area contributed by atoms with Crippen LogP contribution in [0.1, 0.15) is 27.9 Å². The summed E-state index contributed by atoms with van der Waals surface area (Å²) in [6.07, 6.45) is 0.925. The molecule has 1 N–H and O–H groups in total.